The van der Waals surface area contributed by atoms with Crippen molar-refractivity contribution in [2.75, 3.05) is 11.4 Å². The molecule has 0 fully saturated rings. The maximum absolute atomic E-state index is 5.74. The van der Waals surface area contributed by atoms with Gasteiger partial charge in [0.2, 0.25) is 0 Å². The van der Waals surface area contributed by atoms with Crippen LogP contribution in [-0.4, -0.2) is 6.54 Å². The zero-order chi connectivity index (χ0) is 13.2. The third kappa shape index (κ3) is 2.36. The fourth-order valence-corrected chi connectivity index (χ4v) is 2.85. The third-order valence-corrected chi connectivity index (χ3v) is 3.81. The molecule has 2 N–H and O–H groups in total. The number of nitrogens with zero attached hydrogens (tertiary/aromatic N) is 1. The van der Waals surface area contributed by atoms with E-state index in [1.54, 1.807) is 0 Å². The second-order valence-electron chi connectivity index (χ2n) is 5.26. The Balaban J connectivity index is 2.03. The maximum atomic E-state index is 5.74. The van der Waals surface area contributed by atoms with Gasteiger partial charge in [0.25, 0.3) is 0 Å². The second kappa shape index (κ2) is 5.06. The number of rotatable bonds is 2. The molecule has 2 nitrogen and oxygen atoms in total. The highest BCUT2D eigenvalue weighted by atomic mass is 15.1. The minimum Gasteiger partial charge on any atom is -0.341 e. The molecule has 0 atom stereocenters. The topological polar surface area (TPSA) is 29.3 Å². The average molecular weight is 252 g/mol. The molecular formula is C17H20N2. The van der Waals surface area contributed by atoms with Gasteiger partial charge in [-0.1, -0.05) is 29.8 Å². The number of aryl methyl sites for hydroxylation is 2. The summed E-state index contributed by atoms with van der Waals surface area (Å²) in [5.41, 5.74) is 12.4. The lowest BCUT2D eigenvalue weighted by Crippen LogP contribution is -2.24. The fourth-order valence-electron chi connectivity index (χ4n) is 2.85. The van der Waals surface area contributed by atoms with Crippen molar-refractivity contribution in [3.8, 4) is 0 Å². The summed E-state index contributed by atoms with van der Waals surface area (Å²) in [6, 6.07) is 15.3. The Kier molecular flexibility index (Phi) is 3.26. The lowest BCUT2D eigenvalue weighted by Gasteiger charge is -2.32. The van der Waals surface area contributed by atoms with Gasteiger partial charge in [-0.05, 0) is 49.1 Å². The van der Waals surface area contributed by atoms with Crippen molar-refractivity contribution in [2.24, 2.45) is 5.73 Å². The summed E-state index contributed by atoms with van der Waals surface area (Å²) >= 11 is 0. The summed E-state index contributed by atoms with van der Waals surface area (Å²) in [6.45, 7) is 3.85. The molecule has 1 heterocycles. The SMILES string of the molecule is Cc1ccc2c(c1)CCCN2c1cccc(CN)c1. The van der Waals surface area contributed by atoms with E-state index >= 15 is 0 Å². The van der Waals surface area contributed by atoms with E-state index in [-0.39, 0.29) is 0 Å². The van der Waals surface area contributed by atoms with E-state index in [0.717, 1.165) is 6.54 Å². The van der Waals surface area contributed by atoms with Crippen molar-refractivity contribution in [1.82, 2.24) is 0 Å². The summed E-state index contributed by atoms with van der Waals surface area (Å²) in [7, 11) is 0. The molecule has 0 unspecified atom stereocenters. The standard InChI is InChI=1S/C17H20N2/c1-13-7-8-17-15(10-13)5-3-9-19(17)16-6-2-4-14(11-16)12-18/h2,4,6-8,10-11H,3,5,9,12,18H2,1H3. The molecular weight excluding hydrogens is 232 g/mol. The summed E-state index contributed by atoms with van der Waals surface area (Å²) in [6.07, 6.45) is 2.40. The molecule has 0 amide bonds. The van der Waals surface area contributed by atoms with Gasteiger partial charge in [-0.15, -0.1) is 0 Å². The first-order valence-electron chi connectivity index (χ1n) is 6.94. The van der Waals surface area contributed by atoms with Crippen LogP contribution >= 0.6 is 0 Å². The molecule has 2 aromatic carbocycles. The molecule has 1 aliphatic heterocycles. The summed E-state index contributed by atoms with van der Waals surface area (Å²) in [5, 5.41) is 0. The number of hydrogen-bond acceptors (Lipinski definition) is 2. The van der Waals surface area contributed by atoms with Gasteiger partial charge < -0.3 is 10.6 Å². The Hall–Kier alpha value is -1.80. The van der Waals surface area contributed by atoms with Crippen LogP contribution in [0.1, 0.15) is 23.1 Å². The quantitative estimate of drug-likeness (QED) is 0.885. The smallest absolute Gasteiger partial charge is 0.0443 e. The predicted octanol–water partition coefficient (Wildman–Crippen LogP) is 3.54. The maximum Gasteiger partial charge on any atom is 0.0443 e. The van der Waals surface area contributed by atoms with E-state index in [1.807, 2.05) is 0 Å². The number of anilines is 2. The Bertz CT molecular complexity index is 590. The number of benzene rings is 2. The second-order valence-corrected chi connectivity index (χ2v) is 5.26. The Morgan fingerprint density at radius 3 is 2.89 bits per heavy atom. The van der Waals surface area contributed by atoms with Gasteiger partial charge in [-0.2, -0.15) is 0 Å². The van der Waals surface area contributed by atoms with Crippen molar-refractivity contribution in [3.63, 3.8) is 0 Å². The molecule has 0 saturated heterocycles. The van der Waals surface area contributed by atoms with Crippen LogP contribution in [0.2, 0.25) is 0 Å². The van der Waals surface area contributed by atoms with Crippen molar-refractivity contribution < 1.29 is 0 Å². The first-order chi connectivity index (χ1) is 9.28. The molecule has 0 spiro atoms. The molecule has 0 aliphatic carbocycles. The van der Waals surface area contributed by atoms with E-state index < -0.39 is 0 Å². The predicted molar refractivity (Wildman–Crippen MR) is 80.8 cm³/mol. The third-order valence-electron chi connectivity index (χ3n) is 3.81. The molecule has 19 heavy (non-hydrogen) atoms. The lowest BCUT2D eigenvalue weighted by atomic mass is 9.99. The highest BCUT2D eigenvalue weighted by molar-refractivity contribution is 5.68. The summed E-state index contributed by atoms with van der Waals surface area (Å²) < 4.78 is 0. The van der Waals surface area contributed by atoms with E-state index in [9.17, 15) is 0 Å². The zero-order valence-corrected chi connectivity index (χ0v) is 11.4. The van der Waals surface area contributed by atoms with Crippen LogP contribution in [0.25, 0.3) is 0 Å². The van der Waals surface area contributed by atoms with Gasteiger partial charge >= 0.3 is 0 Å². The van der Waals surface area contributed by atoms with Gasteiger partial charge in [0, 0.05) is 24.5 Å². The largest absolute Gasteiger partial charge is 0.341 e. The Labute approximate surface area is 114 Å². The Morgan fingerprint density at radius 2 is 2.05 bits per heavy atom. The average Bonchev–Trinajstić information content (AvgIpc) is 2.46. The van der Waals surface area contributed by atoms with Crippen molar-refractivity contribution >= 4 is 11.4 Å². The normalized spacial score (nSPS) is 14.3. The molecule has 2 aromatic rings. The van der Waals surface area contributed by atoms with Crippen LogP contribution in [-0.2, 0) is 13.0 Å². The fraction of sp³-hybridized carbons (Fsp3) is 0.294. The van der Waals surface area contributed by atoms with Crippen LogP contribution in [0.4, 0.5) is 11.4 Å². The minimum atomic E-state index is 0.600. The summed E-state index contributed by atoms with van der Waals surface area (Å²) in [4.78, 5) is 2.41. The van der Waals surface area contributed by atoms with Crippen molar-refractivity contribution in [2.45, 2.75) is 26.3 Å². The summed E-state index contributed by atoms with van der Waals surface area (Å²) in [5.74, 6) is 0. The van der Waals surface area contributed by atoms with Gasteiger partial charge in [-0.25, -0.2) is 0 Å². The van der Waals surface area contributed by atoms with Crippen LogP contribution in [0.3, 0.4) is 0 Å². The molecule has 0 bridgehead atoms. The molecule has 3 rings (SSSR count). The first kappa shape index (κ1) is 12.2. The molecule has 0 saturated carbocycles. The number of hydrogen-bond donors (Lipinski definition) is 1. The highest BCUT2D eigenvalue weighted by Crippen LogP contribution is 2.34. The van der Waals surface area contributed by atoms with Crippen molar-refractivity contribution in [3.05, 3.63) is 59.2 Å². The first-order valence-corrected chi connectivity index (χ1v) is 6.94. The van der Waals surface area contributed by atoms with E-state index in [4.69, 9.17) is 5.73 Å². The zero-order valence-electron chi connectivity index (χ0n) is 11.4. The monoisotopic (exact) mass is 252 g/mol. The molecule has 98 valence electrons. The van der Waals surface area contributed by atoms with E-state index in [0.29, 0.717) is 6.54 Å². The van der Waals surface area contributed by atoms with Crippen LogP contribution < -0.4 is 10.6 Å². The number of nitrogens with two attached hydrogens (primary N) is 1. The number of fused-ring (bicyclic) bond motifs is 1. The molecule has 0 radical (unpaired) electrons. The molecule has 1 aliphatic rings. The van der Waals surface area contributed by atoms with Crippen molar-refractivity contribution in [1.29, 1.82) is 0 Å². The van der Waals surface area contributed by atoms with Crippen LogP contribution in [0.5, 0.6) is 0 Å². The lowest BCUT2D eigenvalue weighted by molar-refractivity contribution is 0.765. The van der Waals surface area contributed by atoms with E-state index in [2.05, 4.69) is 54.3 Å². The van der Waals surface area contributed by atoms with Gasteiger partial charge in [-0.3, -0.25) is 0 Å². The van der Waals surface area contributed by atoms with Gasteiger partial charge in [0.1, 0.15) is 0 Å². The molecule has 2 heteroatoms. The van der Waals surface area contributed by atoms with Crippen LogP contribution in [0, 0.1) is 6.92 Å². The minimum absolute atomic E-state index is 0.600. The molecule has 0 aromatic heterocycles. The van der Waals surface area contributed by atoms with Gasteiger partial charge in [0.15, 0.2) is 0 Å². The van der Waals surface area contributed by atoms with Gasteiger partial charge in [0.05, 0.1) is 0 Å². The highest BCUT2D eigenvalue weighted by Gasteiger charge is 2.18. The van der Waals surface area contributed by atoms with Crippen LogP contribution in [0.15, 0.2) is 42.5 Å². The Morgan fingerprint density at radius 1 is 1.16 bits per heavy atom. The van der Waals surface area contributed by atoms with E-state index in [1.165, 1.54) is 40.9 Å².